The molecule has 0 saturated heterocycles. The molecule has 8 heteroatoms. The Bertz CT molecular complexity index is 1290. The number of hydrogen-bond acceptors (Lipinski definition) is 6. The number of carbonyl (C=O) groups is 1. The molecular formula is C28H27BrN4O3. The first kappa shape index (κ1) is 25.2. The van der Waals surface area contributed by atoms with Crippen molar-refractivity contribution in [1.82, 2.24) is 15.3 Å². The lowest BCUT2D eigenvalue weighted by Crippen LogP contribution is -2.30. The third-order valence-corrected chi connectivity index (χ3v) is 6.04. The molecule has 0 saturated carbocycles. The maximum absolute atomic E-state index is 13.6. The molecule has 0 spiro atoms. The van der Waals surface area contributed by atoms with E-state index in [1.165, 1.54) is 0 Å². The van der Waals surface area contributed by atoms with E-state index in [0.29, 0.717) is 11.5 Å². The quantitative estimate of drug-likeness (QED) is 0.276. The van der Waals surface area contributed by atoms with Crippen molar-refractivity contribution in [2.24, 2.45) is 0 Å². The minimum absolute atomic E-state index is 0.256. The van der Waals surface area contributed by atoms with Crippen molar-refractivity contribution < 1.29 is 14.3 Å². The molecule has 4 rings (SSSR count). The number of carbonyl (C=O) groups excluding carboxylic acids is 1. The van der Waals surface area contributed by atoms with Crippen molar-refractivity contribution in [1.29, 1.82) is 0 Å². The number of halogens is 1. The van der Waals surface area contributed by atoms with Gasteiger partial charge in [0.2, 0.25) is 0 Å². The lowest BCUT2D eigenvalue weighted by molar-refractivity contribution is 0.0939. The maximum Gasteiger partial charge on any atom is 0.272 e. The van der Waals surface area contributed by atoms with Crippen LogP contribution in [-0.2, 0) is 0 Å². The predicted molar refractivity (Wildman–Crippen MR) is 144 cm³/mol. The van der Waals surface area contributed by atoms with Gasteiger partial charge in [-0.2, -0.15) is 0 Å². The number of ether oxygens (including phenoxy) is 2. The molecule has 2 N–H and O–H groups in total. The van der Waals surface area contributed by atoms with Gasteiger partial charge < -0.3 is 20.1 Å². The summed E-state index contributed by atoms with van der Waals surface area (Å²) in [4.78, 5) is 22.6. The van der Waals surface area contributed by atoms with Crippen LogP contribution in [0.15, 0.2) is 77.4 Å². The van der Waals surface area contributed by atoms with Crippen molar-refractivity contribution in [3.05, 3.63) is 105 Å². The van der Waals surface area contributed by atoms with E-state index in [0.717, 1.165) is 38.4 Å². The van der Waals surface area contributed by atoms with Crippen LogP contribution in [0.4, 0.5) is 11.5 Å². The molecule has 0 unspecified atom stereocenters. The molecule has 2 aromatic heterocycles. The van der Waals surface area contributed by atoms with Gasteiger partial charge in [0, 0.05) is 16.4 Å². The van der Waals surface area contributed by atoms with Gasteiger partial charge in [0.05, 0.1) is 25.9 Å². The van der Waals surface area contributed by atoms with E-state index in [1.54, 1.807) is 20.4 Å². The summed E-state index contributed by atoms with van der Waals surface area (Å²) in [5, 5.41) is 6.41. The Hall–Kier alpha value is -3.91. The minimum atomic E-state index is -0.424. The highest BCUT2D eigenvalue weighted by atomic mass is 79.9. The number of amides is 1. The SMILES string of the molecule is COc1ccc(C(NC(=O)c2ncc(Br)cc2Nc2cc(C)cc(C)n2)c2ccc(OC)cc2)cc1. The second-order valence-corrected chi connectivity index (χ2v) is 9.21. The van der Waals surface area contributed by atoms with Crippen molar-refractivity contribution >= 4 is 33.3 Å². The molecule has 0 atom stereocenters. The molecule has 0 aliphatic heterocycles. The number of hydrogen-bond donors (Lipinski definition) is 2. The summed E-state index contributed by atoms with van der Waals surface area (Å²) >= 11 is 3.46. The van der Waals surface area contributed by atoms with Gasteiger partial charge in [-0.25, -0.2) is 9.97 Å². The Labute approximate surface area is 219 Å². The molecule has 0 aliphatic carbocycles. The number of nitrogens with one attached hydrogen (secondary N) is 2. The second kappa shape index (κ2) is 11.2. The first-order valence-corrected chi connectivity index (χ1v) is 12.1. The minimum Gasteiger partial charge on any atom is -0.497 e. The van der Waals surface area contributed by atoms with Gasteiger partial charge in [0.1, 0.15) is 17.3 Å². The number of pyridine rings is 2. The van der Waals surface area contributed by atoms with E-state index < -0.39 is 6.04 Å². The Balaban J connectivity index is 1.68. The number of rotatable bonds is 8. The van der Waals surface area contributed by atoms with Crippen LogP contribution in [0.1, 0.15) is 38.9 Å². The van der Waals surface area contributed by atoms with E-state index in [-0.39, 0.29) is 11.6 Å². The molecule has 0 bridgehead atoms. The standard InChI is InChI=1S/C28H27BrN4O3/c1-17-13-18(2)31-25(14-17)32-24-15-21(29)16-30-27(24)28(34)33-26(19-5-9-22(35-3)10-6-19)20-7-11-23(36-4)12-8-20/h5-16,26H,1-4H3,(H,31,32)(H,33,34). The van der Waals surface area contributed by atoms with Gasteiger partial charge in [-0.3, -0.25) is 4.79 Å². The molecule has 2 heterocycles. The van der Waals surface area contributed by atoms with Crippen molar-refractivity contribution in [2.45, 2.75) is 19.9 Å². The number of methoxy groups -OCH3 is 2. The largest absolute Gasteiger partial charge is 0.497 e. The highest BCUT2D eigenvalue weighted by Gasteiger charge is 2.22. The molecule has 184 valence electrons. The van der Waals surface area contributed by atoms with E-state index in [4.69, 9.17) is 9.47 Å². The van der Waals surface area contributed by atoms with Crippen LogP contribution in [-0.4, -0.2) is 30.1 Å². The summed E-state index contributed by atoms with van der Waals surface area (Å²) in [5.41, 5.74) is 4.55. The lowest BCUT2D eigenvalue weighted by Gasteiger charge is -2.21. The highest BCUT2D eigenvalue weighted by Crippen LogP contribution is 2.28. The van der Waals surface area contributed by atoms with Gasteiger partial charge in [-0.05, 0) is 88.9 Å². The van der Waals surface area contributed by atoms with Crippen LogP contribution in [0.5, 0.6) is 11.5 Å². The van der Waals surface area contributed by atoms with E-state index in [1.807, 2.05) is 80.6 Å². The fraction of sp³-hybridized carbons (Fsp3) is 0.179. The summed E-state index contributed by atoms with van der Waals surface area (Å²) in [6.07, 6.45) is 1.60. The second-order valence-electron chi connectivity index (χ2n) is 8.30. The van der Waals surface area contributed by atoms with Crippen LogP contribution in [0.3, 0.4) is 0 Å². The van der Waals surface area contributed by atoms with Gasteiger partial charge in [0.15, 0.2) is 5.69 Å². The fourth-order valence-electron chi connectivity index (χ4n) is 3.91. The number of aromatic nitrogens is 2. The fourth-order valence-corrected chi connectivity index (χ4v) is 4.24. The topological polar surface area (TPSA) is 85.4 Å². The molecule has 0 fully saturated rings. The van der Waals surface area contributed by atoms with Gasteiger partial charge >= 0.3 is 0 Å². The number of nitrogens with zero attached hydrogens (tertiary/aromatic N) is 2. The van der Waals surface area contributed by atoms with Crippen LogP contribution in [0, 0.1) is 13.8 Å². The number of aryl methyl sites for hydroxylation is 2. The van der Waals surface area contributed by atoms with E-state index in [9.17, 15) is 4.79 Å². The average Bonchev–Trinajstić information content (AvgIpc) is 2.87. The monoisotopic (exact) mass is 546 g/mol. The summed E-state index contributed by atoms with van der Waals surface area (Å²) < 4.78 is 11.3. The lowest BCUT2D eigenvalue weighted by atomic mass is 9.98. The third kappa shape index (κ3) is 6.01. The highest BCUT2D eigenvalue weighted by molar-refractivity contribution is 9.10. The molecule has 1 amide bonds. The van der Waals surface area contributed by atoms with Gasteiger partial charge in [-0.1, -0.05) is 24.3 Å². The number of anilines is 2. The summed E-state index contributed by atoms with van der Waals surface area (Å²) in [6.45, 7) is 3.93. The molecule has 0 aliphatic rings. The zero-order chi connectivity index (χ0) is 25.7. The number of benzene rings is 2. The van der Waals surface area contributed by atoms with Crippen molar-refractivity contribution in [2.75, 3.05) is 19.5 Å². The van der Waals surface area contributed by atoms with Crippen LogP contribution < -0.4 is 20.1 Å². The molecule has 0 radical (unpaired) electrons. The molecule has 2 aromatic carbocycles. The molecular weight excluding hydrogens is 520 g/mol. The smallest absolute Gasteiger partial charge is 0.272 e. The van der Waals surface area contributed by atoms with Crippen molar-refractivity contribution in [3.63, 3.8) is 0 Å². The zero-order valence-electron chi connectivity index (χ0n) is 20.5. The molecule has 4 aromatic rings. The van der Waals surface area contributed by atoms with Gasteiger partial charge in [0.25, 0.3) is 5.91 Å². The van der Waals surface area contributed by atoms with Crippen molar-refractivity contribution in [3.8, 4) is 11.5 Å². The Morgan fingerprint density at radius 2 is 1.47 bits per heavy atom. The molecule has 36 heavy (non-hydrogen) atoms. The van der Waals surface area contributed by atoms with Crippen LogP contribution in [0.2, 0.25) is 0 Å². The normalized spacial score (nSPS) is 10.7. The summed E-state index contributed by atoms with van der Waals surface area (Å²) in [7, 11) is 3.24. The Morgan fingerprint density at radius 1 is 0.889 bits per heavy atom. The van der Waals surface area contributed by atoms with Crippen LogP contribution in [0.25, 0.3) is 0 Å². The van der Waals surface area contributed by atoms with E-state index in [2.05, 4.69) is 36.5 Å². The third-order valence-electron chi connectivity index (χ3n) is 5.60. The predicted octanol–water partition coefficient (Wildman–Crippen LogP) is 6.14. The first-order valence-electron chi connectivity index (χ1n) is 11.3. The zero-order valence-corrected chi connectivity index (χ0v) is 22.1. The maximum atomic E-state index is 13.6. The van der Waals surface area contributed by atoms with Crippen LogP contribution >= 0.6 is 15.9 Å². The summed E-state index contributed by atoms with van der Waals surface area (Å²) in [6, 6.07) is 20.5. The Kier molecular flexibility index (Phi) is 7.85. The average molecular weight is 547 g/mol. The van der Waals surface area contributed by atoms with Gasteiger partial charge in [-0.15, -0.1) is 0 Å². The molecule has 7 nitrogen and oxygen atoms in total. The summed E-state index contributed by atoms with van der Waals surface area (Å²) in [5.74, 6) is 1.79. The Morgan fingerprint density at radius 3 is 2.00 bits per heavy atom. The van der Waals surface area contributed by atoms with E-state index >= 15 is 0 Å². The first-order chi connectivity index (χ1) is 17.4.